The molecule has 11 heteroatoms. The fourth-order valence-electron chi connectivity index (χ4n) is 2.17. The van der Waals surface area contributed by atoms with Crippen molar-refractivity contribution in [3.8, 4) is 0 Å². The van der Waals surface area contributed by atoms with Crippen molar-refractivity contribution in [1.29, 1.82) is 0 Å². The highest BCUT2D eigenvalue weighted by Gasteiger charge is 2.17. The molecule has 0 aromatic heterocycles. The Morgan fingerprint density at radius 3 is 1.68 bits per heavy atom. The van der Waals surface area contributed by atoms with E-state index >= 15 is 0 Å². The number of hydrogen-bond donors (Lipinski definition) is 6. The molecular formula is C20H42O11. The van der Waals surface area contributed by atoms with Gasteiger partial charge in [0.05, 0.1) is 66.1 Å². The summed E-state index contributed by atoms with van der Waals surface area (Å²) in [6, 6.07) is 0. The Balaban J connectivity index is 4.21. The first-order valence-corrected chi connectivity index (χ1v) is 10.7. The molecule has 4 atom stereocenters. The topological polar surface area (TPSA) is 168 Å². The smallest absolute Gasteiger partial charge is 0.104 e. The van der Waals surface area contributed by atoms with Crippen molar-refractivity contribution in [2.45, 2.75) is 50.8 Å². The molecule has 0 amide bonds. The van der Waals surface area contributed by atoms with Crippen LogP contribution in [0.3, 0.4) is 0 Å². The molecule has 0 fully saturated rings. The summed E-state index contributed by atoms with van der Waals surface area (Å²) >= 11 is 0. The van der Waals surface area contributed by atoms with Crippen molar-refractivity contribution in [1.82, 2.24) is 0 Å². The average Bonchev–Trinajstić information content (AvgIpc) is 2.76. The Kier molecular flexibility index (Phi) is 19.9. The minimum Gasteiger partial charge on any atom is -0.394 e. The van der Waals surface area contributed by atoms with E-state index in [0.717, 1.165) is 6.42 Å². The fourth-order valence-corrected chi connectivity index (χ4v) is 2.17. The van der Waals surface area contributed by atoms with Gasteiger partial charge in [-0.05, 0) is 12.3 Å². The van der Waals surface area contributed by atoms with Gasteiger partial charge in [0.1, 0.15) is 30.5 Å². The van der Waals surface area contributed by atoms with Crippen LogP contribution in [0.4, 0.5) is 0 Å². The molecule has 0 aliphatic heterocycles. The summed E-state index contributed by atoms with van der Waals surface area (Å²) in [5.41, 5.74) is 0. The summed E-state index contributed by atoms with van der Waals surface area (Å²) in [6.45, 7) is 3.24. The van der Waals surface area contributed by atoms with Gasteiger partial charge in [-0.15, -0.1) is 0 Å². The van der Waals surface area contributed by atoms with Gasteiger partial charge in [0.2, 0.25) is 0 Å². The van der Waals surface area contributed by atoms with Crippen molar-refractivity contribution in [2.24, 2.45) is 5.92 Å². The lowest BCUT2D eigenvalue weighted by Gasteiger charge is -2.23. The van der Waals surface area contributed by atoms with Crippen molar-refractivity contribution < 1.29 is 54.3 Å². The number of aliphatic hydroxyl groups excluding tert-OH is 6. The first-order chi connectivity index (χ1) is 14.9. The van der Waals surface area contributed by atoms with Crippen LogP contribution in [0.25, 0.3) is 0 Å². The number of rotatable bonds is 22. The van der Waals surface area contributed by atoms with Gasteiger partial charge < -0.3 is 54.3 Å². The van der Waals surface area contributed by atoms with E-state index in [4.69, 9.17) is 39.0 Å². The van der Waals surface area contributed by atoms with Gasteiger partial charge in [-0.2, -0.15) is 0 Å². The van der Waals surface area contributed by atoms with E-state index in [-0.39, 0.29) is 59.5 Å². The zero-order valence-corrected chi connectivity index (χ0v) is 18.7. The highest BCUT2D eigenvalue weighted by atomic mass is 16.6. The van der Waals surface area contributed by atoms with E-state index in [0.29, 0.717) is 12.5 Å². The Morgan fingerprint density at radius 2 is 1.10 bits per heavy atom. The van der Waals surface area contributed by atoms with Gasteiger partial charge >= 0.3 is 0 Å². The second-order valence-electron chi connectivity index (χ2n) is 7.70. The third-order valence-corrected chi connectivity index (χ3v) is 4.15. The summed E-state index contributed by atoms with van der Waals surface area (Å²) in [5, 5.41) is 55.8. The maximum absolute atomic E-state index is 10.0. The molecule has 4 unspecified atom stereocenters. The van der Waals surface area contributed by atoms with Crippen LogP contribution < -0.4 is 0 Å². The lowest BCUT2D eigenvalue weighted by atomic mass is 10.1. The van der Waals surface area contributed by atoms with Gasteiger partial charge in [-0.3, -0.25) is 0 Å². The molecule has 0 bridgehead atoms. The van der Waals surface area contributed by atoms with Crippen LogP contribution in [-0.2, 0) is 23.7 Å². The molecule has 0 aromatic rings. The predicted octanol–water partition coefficient (Wildman–Crippen LogP) is -2.09. The molecule has 0 aliphatic carbocycles. The van der Waals surface area contributed by atoms with Crippen molar-refractivity contribution in [3.63, 3.8) is 0 Å². The quantitative estimate of drug-likeness (QED) is 0.0984. The van der Waals surface area contributed by atoms with E-state index in [9.17, 15) is 15.3 Å². The van der Waals surface area contributed by atoms with Gasteiger partial charge in [0.15, 0.2) is 0 Å². The summed E-state index contributed by atoms with van der Waals surface area (Å²) < 4.78 is 27.0. The first-order valence-electron chi connectivity index (χ1n) is 10.7. The molecule has 0 saturated carbocycles. The lowest BCUT2D eigenvalue weighted by molar-refractivity contribution is -0.123. The molecule has 0 aliphatic rings. The van der Waals surface area contributed by atoms with Gasteiger partial charge in [-0.25, -0.2) is 0 Å². The van der Waals surface area contributed by atoms with Crippen LogP contribution in [0.15, 0.2) is 0 Å². The van der Waals surface area contributed by atoms with Crippen LogP contribution in [-0.4, -0.2) is 134 Å². The summed E-state index contributed by atoms with van der Waals surface area (Å²) in [6.07, 6.45) is -3.07. The summed E-state index contributed by atoms with van der Waals surface area (Å²) in [7, 11) is 0. The summed E-state index contributed by atoms with van der Waals surface area (Å²) in [4.78, 5) is 0. The fraction of sp³-hybridized carbons (Fsp3) is 1.00. The van der Waals surface area contributed by atoms with E-state index < -0.39 is 37.1 Å². The number of ether oxygens (including phenoxy) is 5. The maximum Gasteiger partial charge on any atom is 0.104 e. The Hall–Kier alpha value is -0.440. The third kappa shape index (κ3) is 17.8. The van der Waals surface area contributed by atoms with Crippen molar-refractivity contribution in [3.05, 3.63) is 0 Å². The zero-order valence-electron chi connectivity index (χ0n) is 18.7. The second kappa shape index (κ2) is 20.2. The first kappa shape index (κ1) is 30.6. The Labute approximate surface area is 184 Å². The zero-order chi connectivity index (χ0) is 23.5. The van der Waals surface area contributed by atoms with E-state index in [1.807, 2.05) is 0 Å². The minimum atomic E-state index is -1.06. The van der Waals surface area contributed by atoms with Crippen molar-refractivity contribution >= 4 is 0 Å². The monoisotopic (exact) mass is 458 g/mol. The van der Waals surface area contributed by atoms with Crippen molar-refractivity contribution in [2.75, 3.05) is 72.7 Å². The van der Waals surface area contributed by atoms with Crippen LogP contribution >= 0.6 is 0 Å². The van der Waals surface area contributed by atoms with Crippen LogP contribution in [0.2, 0.25) is 0 Å². The molecule has 0 radical (unpaired) electrons. The molecule has 0 rings (SSSR count). The molecule has 0 saturated heterocycles. The molecular weight excluding hydrogens is 416 g/mol. The number of aliphatic hydroxyl groups is 6. The maximum atomic E-state index is 10.0. The minimum absolute atomic E-state index is 0.000523. The molecule has 6 N–H and O–H groups in total. The van der Waals surface area contributed by atoms with Crippen LogP contribution in [0.1, 0.15) is 20.3 Å². The standard InChI is InChI=1S/C20H42O11/c1-15(2)3-4-27-12-19(8-24)29-11-17(26)9-28-13-20(30-10-16(25)5-21)14-31-18(6-22)7-23/h15-26H,3-14H2,1-2H3. The second-order valence-corrected chi connectivity index (χ2v) is 7.70. The molecule has 0 heterocycles. The SMILES string of the molecule is CC(C)CCOCC(CO)OCC(O)COCC(COC(CO)CO)OCC(O)CO. The van der Waals surface area contributed by atoms with Crippen LogP contribution in [0, 0.1) is 5.92 Å². The Morgan fingerprint density at radius 1 is 0.548 bits per heavy atom. The molecule has 31 heavy (non-hydrogen) atoms. The van der Waals surface area contributed by atoms with Gasteiger partial charge in [-0.1, -0.05) is 13.8 Å². The average molecular weight is 459 g/mol. The Bertz CT molecular complexity index is 382. The highest BCUT2D eigenvalue weighted by Crippen LogP contribution is 2.03. The normalized spacial score (nSPS) is 16.1. The molecule has 0 spiro atoms. The third-order valence-electron chi connectivity index (χ3n) is 4.15. The summed E-state index contributed by atoms with van der Waals surface area (Å²) in [5.74, 6) is 0.524. The molecule has 188 valence electrons. The van der Waals surface area contributed by atoms with Crippen LogP contribution in [0.5, 0.6) is 0 Å². The van der Waals surface area contributed by atoms with Gasteiger partial charge in [0, 0.05) is 6.61 Å². The molecule has 0 aromatic carbocycles. The highest BCUT2D eigenvalue weighted by molar-refractivity contribution is 4.63. The molecule has 11 nitrogen and oxygen atoms in total. The van der Waals surface area contributed by atoms with E-state index in [1.165, 1.54) is 0 Å². The lowest BCUT2D eigenvalue weighted by Crippen LogP contribution is -2.35. The van der Waals surface area contributed by atoms with Gasteiger partial charge in [0.25, 0.3) is 0 Å². The van der Waals surface area contributed by atoms with E-state index in [1.54, 1.807) is 0 Å². The predicted molar refractivity (Wildman–Crippen MR) is 111 cm³/mol. The number of hydrogen-bond acceptors (Lipinski definition) is 11. The van der Waals surface area contributed by atoms with E-state index in [2.05, 4.69) is 13.8 Å². The largest absolute Gasteiger partial charge is 0.394 e.